The van der Waals surface area contributed by atoms with Crippen molar-refractivity contribution in [1.82, 2.24) is 4.90 Å². The van der Waals surface area contributed by atoms with Crippen molar-refractivity contribution in [2.24, 2.45) is 0 Å². The molecule has 0 unspecified atom stereocenters. The molecule has 0 aromatic heterocycles. The molecule has 0 amide bonds. The van der Waals surface area contributed by atoms with Crippen molar-refractivity contribution in [2.45, 2.75) is 12.8 Å². The fourth-order valence-electron chi connectivity index (χ4n) is 1.50. The second kappa shape index (κ2) is 6.28. The molecular formula is C13H19NO2. The quantitative estimate of drug-likeness (QED) is 0.733. The van der Waals surface area contributed by atoms with Crippen LogP contribution in [0.15, 0.2) is 24.3 Å². The Labute approximate surface area is 97.0 Å². The normalized spacial score (nSPS) is 10.5. The van der Waals surface area contributed by atoms with Gasteiger partial charge in [-0.25, -0.2) is 0 Å². The van der Waals surface area contributed by atoms with Gasteiger partial charge in [-0.15, -0.1) is 0 Å². The lowest BCUT2D eigenvalue weighted by Gasteiger charge is -2.10. The summed E-state index contributed by atoms with van der Waals surface area (Å²) in [4.78, 5) is 13.7. The average molecular weight is 221 g/mol. The Kier molecular flexibility index (Phi) is 4.99. The summed E-state index contributed by atoms with van der Waals surface area (Å²) in [7, 11) is 5.57. The third-order valence-corrected chi connectivity index (χ3v) is 2.42. The van der Waals surface area contributed by atoms with Gasteiger partial charge in [-0.3, -0.25) is 4.79 Å². The molecule has 0 aliphatic rings. The zero-order valence-electron chi connectivity index (χ0n) is 10.2. The zero-order valence-corrected chi connectivity index (χ0v) is 10.2. The van der Waals surface area contributed by atoms with Crippen molar-refractivity contribution in [3.8, 4) is 5.75 Å². The Morgan fingerprint density at radius 1 is 1.31 bits per heavy atom. The van der Waals surface area contributed by atoms with E-state index in [1.165, 1.54) is 0 Å². The number of ether oxygens (including phenoxy) is 1. The molecular weight excluding hydrogens is 202 g/mol. The van der Waals surface area contributed by atoms with Gasteiger partial charge >= 0.3 is 0 Å². The van der Waals surface area contributed by atoms with Crippen molar-refractivity contribution in [1.29, 1.82) is 0 Å². The van der Waals surface area contributed by atoms with E-state index < -0.39 is 0 Å². The lowest BCUT2D eigenvalue weighted by Crippen LogP contribution is -2.17. The topological polar surface area (TPSA) is 29.5 Å². The minimum absolute atomic E-state index is 0.248. The maximum absolute atomic E-state index is 11.7. The number of benzene rings is 1. The van der Waals surface area contributed by atoms with E-state index >= 15 is 0 Å². The molecule has 88 valence electrons. The number of nitrogens with zero attached hydrogens (tertiary/aromatic N) is 1. The summed E-state index contributed by atoms with van der Waals surface area (Å²) in [5, 5.41) is 0. The Bertz CT molecular complexity index is 348. The van der Waals surface area contributed by atoms with Gasteiger partial charge in [0.15, 0.2) is 0 Å². The Hall–Kier alpha value is -1.35. The lowest BCUT2D eigenvalue weighted by molar-refractivity contribution is -0.118. The predicted octanol–water partition coefficient (Wildman–Crippen LogP) is 1.76. The molecule has 1 aromatic carbocycles. The summed E-state index contributed by atoms with van der Waals surface area (Å²) < 4.78 is 5.21. The van der Waals surface area contributed by atoms with Crippen LogP contribution in [0.3, 0.4) is 0 Å². The molecule has 1 rings (SSSR count). The number of ketones is 1. The van der Waals surface area contributed by atoms with Crippen LogP contribution in [0.25, 0.3) is 0 Å². The minimum Gasteiger partial charge on any atom is -0.496 e. The summed E-state index contributed by atoms with van der Waals surface area (Å²) >= 11 is 0. The first-order valence-electron chi connectivity index (χ1n) is 5.42. The van der Waals surface area contributed by atoms with Crippen molar-refractivity contribution in [3.63, 3.8) is 0 Å². The van der Waals surface area contributed by atoms with E-state index in [9.17, 15) is 4.79 Å². The van der Waals surface area contributed by atoms with Gasteiger partial charge in [-0.2, -0.15) is 0 Å². The van der Waals surface area contributed by atoms with E-state index in [0.717, 1.165) is 17.9 Å². The van der Waals surface area contributed by atoms with E-state index in [1.54, 1.807) is 7.11 Å². The highest BCUT2D eigenvalue weighted by Crippen LogP contribution is 2.18. The molecule has 3 heteroatoms. The van der Waals surface area contributed by atoms with Gasteiger partial charge in [0.1, 0.15) is 11.5 Å². The highest BCUT2D eigenvalue weighted by Gasteiger charge is 2.08. The molecule has 1 aromatic rings. The van der Waals surface area contributed by atoms with Crippen LogP contribution >= 0.6 is 0 Å². The molecule has 0 spiro atoms. The highest BCUT2D eigenvalue weighted by atomic mass is 16.5. The van der Waals surface area contributed by atoms with Gasteiger partial charge in [0.05, 0.1) is 7.11 Å². The van der Waals surface area contributed by atoms with E-state index in [-0.39, 0.29) is 5.78 Å². The molecule has 0 bridgehead atoms. The second-order valence-corrected chi connectivity index (χ2v) is 4.08. The van der Waals surface area contributed by atoms with Gasteiger partial charge in [-0.05, 0) is 20.2 Å². The number of rotatable bonds is 6. The van der Waals surface area contributed by atoms with Crippen molar-refractivity contribution in [2.75, 3.05) is 27.7 Å². The zero-order chi connectivity index (χ0) is 12.0. The Morgan fingerprint density at radius 3 is 2.62 bits per heavy atom. The van der Waals surface area contributed by atoms with Crippen LogP contribution < -0.4 is 4.74 Å². The molecule has 0 N–H and O–H groups in total. The van der Waals surface area contributed by atoms with Crippen LogP contribution in [0.5, 0.6) is 5.75 Å². The predicted molar refractivity (Wildman–Crippen MR) is 64.9 cm³/mol. The van der Waals surface area contributed by atoms with Gasteiger partial charge in [0.25, 0.3) is 0 Å². The second-order valence-electron chi connectivity index (χ2n) is 4.08. The maximum Gasteiger partial charge on any atom is 0.138 e. The summed E-state index contributed by atoms with van der Waals surface area (Å²) in [6.07, 6.45) is 1.04. The first-order valence-corrected chi connectivity index (χ1v) is 5.42. The number of hydrogen-bond donors (Lipinski definition) is 0. The maximum atomic E-state index is 11.7. The smallest absolute Gasteiger partial charge is 0.138 e. The van der Waals surface area contributed by atoms with Crippen LogP contribution in [0.2, 0.25) is 0 Å². The number of methoxy groups -OCH3 is 1. The summed E-state index contributed by atoms with van der Waals surface area (Å²) in [5.41, 5.74) is 0.966. The van der Waals surface area contributed by atoms with E-state index in [4.69, 9.17) is 4.74 Å². The summed E-state index contributed by atoms with van der Waals surface area (Å²) in [5.74, 6) is 1.04. The van der Waals surface area contributed by atoms with E-state index in [2.05, 4.69) is 0 Å². The number of carbonyl (C=O) groups is 1. The summed E-state index contributed by atoms with van der Waals surface area (Å²) in [6.45, 7) is 0.800. The first kappa shape index (κ1) is 12.7. The van der Waals surface area contributed by atoms with Gasteiger partial charge in [-0.1, -0.05) is 18.2 Å². The molecule has 0 aliphatic carbocycles. The van der Waals surface area contributed by atoms with Crippen molar-refractivity contribution in [3.05, 3.63) is 29.8 Å². The van der Waals surface area contributed by atoms with Crippen LogP contribution in [0, 0.1) is 0 Å². The first-order chi connectivity index (χ1) is 7.63. The van der Waals surface area contributed by atoms with Crippen LogP contribution in [0.1, 0.15) is 12.0 Å². The van der Waals surface area contributed by atoms with E-state index in [0.29, 0.717) is 12.8 Å². The fourth-order valence-corrected chi connectivity index (χ4v) is 1.50. The Morgan fingerprint density at radius 2 is 2.00 bits per heavy atom. The van der Waals surface area contributed by atoms with Crippen molar-refractivity contribution >= 4 is 5.78 Å². The third-order valence-electron chi connectivity index (χ3n) is 2.42. The molecule has 0 heterocycles. The lowest BCUT2D eigenvalue weighted by atomic mass is 10.1. The number of carbonyl (C=O) groups excluding carboxylic acids is 1. The number of hydrogen-bond acceptors (Lipinski definition) is 3. The fraction of sp³-hybridized carbons (Fsp3) is 0.462. The molecule has 0 atom stereocenters. The molecule has 0 radical (unpaired) electrons. The molecule has 0 saturated heterocycles. The molecule has 0 fully saturated rings. The largest absolute Gasteiger partial charge is 0.496 e. The van der Waals surface area contributed by atoms with E-state index in [1.807, 2.05) is 43.3 Å². The summed E-state index contributed by atoms with van der Waals surface area (Å²) in [6, 6.07) is 7.66. The molecule has 0 saturated carbocycles. The monoisotopic (exact) mass is 221 g/mol. The van der Waals surface area contributed by atoms with Crippen LogP contribution in [-0.4, -0.2) is 38.4 Å². The molecule has 3 nitrogen and oxygen atoms in total. The minimum atomic E-state index is 0.248. The molecule has 16 heavy (non-hydrogen) atoms. The highest BCUT2D eigenvalue weighted by molar-refractivity contribution is 5.81. The van der Waals surface area contributed by atoms with Gasteiger partial charge in [0, 0.05) is 24.9 Å². The van der Waals surface area contributed by atoms with Crippen LogP contribution in [0.4, 0.5) is 0 Å². The number of Topliss-reactive ketones (excluding diaryl/α,β-unsaturated/α-hetero) is 1. The standard InChI is InChI=1S/C13H19NO2/c1-14(2)9-8-12(15)10-11-6-4-5-7-13(11)16-3/h4-7H,8-10H2,1-3H3. The Balaban J connectivity index is 2.55. The molecule has 0 aliphatic heterocycles. The van der Waals surface area contributed by atoms with Gasteiger partial charge in [0.2, 0.25) is 0 Å². The van der Waals surface area contributed by atoms with Crippen LogP contribution in [-0.2, 0) is 11.2 Å². The van der Waals surface area contributed by atoms with Gasteiger partial charge < -0.3 is 9.64 Å². The SMILES string of the molecule is COc1ccccc1CC(=O)CCN(C)C. The van der Waals surface area contributed by atoms with Crippen molar-refractivity contribution < 1.29 is 9.53 Å². The third kappa shape index (κ3) is 4.03. The number of para-hydroxylation sites is 1. The average Bonchev–Trinajstić information content (AvgIpc) is 2.27.